The molecule has 0 bridgehead atoms. The standard InChI is InChI=1S/C20H25F2N3O3/c1-13(14-7-8-15(21)16(22)12-14)24(2)17(26)6-5-11-25-18(27)20(23-19(25)28)9-3-4-10-20/h7-8,12-13H,3-6,9-11H2,1-2H3,(H,23,28). The van der Waals surface area contributed by atoms with Gasteiger partial charge in [0, 0.05) is 20.0 Å². The van der Waals surface area contributed by atoms with Crippen molar-refractivity contribution in [1.29, 1.82) is 0 Å². The number of nitrogens with one attached hydrogen (secondary N) is 1. The summed E-state index contributed by atoms with van der Waals surface area (Å²) in [4.78, 5) is 39.8. The molecule has 0 radical (unpaired) electrons. The molecule has 0 aromatic heterocycles. The molecule has 28 heavy (non-hydrogen) atoms. The Morgan fingerprint density at radius 2 is 1.93 bits per heavy atom. The third kappa shape index (κ3) is 3.72. The largest absolute Gasteiger partial charge is 0.339 e. The first-order chi connectivity index (χ1) is 13.2. The summed E-state index contributed by atoms with van der Waals surface area (Å²) >= 11 is 0. The highest BCUT2D eigenvalue weighted by atomic mass is 19.2. The first-order valence-electron chi connectivity index (χ1n) is 9.60. The van der Waals surface area contributed by atoms with Crippen molar-refractivity contribution in [3.05, 3.63) is 35.4 Å². The minimum Gasteiger partial charge on any atom is -0.339 e. The Balaban J connectivity index is 1.53. The lowest BCUT2D eigenvalue weighted by molar-refractivity contribution is -0.133. The number of rotatable bonds is 6. The van der Waals surface area contributed by atoms with Gasteiger partial charge in [0.2, 0.25) is 5.91 Å². The van der Waals surface area contributed by atoms with E-state index in [2.05, 4.69) is 5.32 Å². The fourth-order valence-corrected chi connectivity index (χ4v) is 3.97. The highest BCUT2D eigenvalue weighted by Crippen LogP contribution is 2.35. The van der Waals surface area contributed by atoms with Gasteiger partial charge in [0.25, 0.3) is 5.91 Å². The van der Waals surface area contributed by atoms with Crippen molar-refractivity contribution >= 4 is 17.8 Å². The smallest absolute Gasteiger partial charge is 0.325 e. The molecule has 2 fully saturated rings. The molecule has 4 amide bonds. The van der Waals surface area contributed by atoms with Gasteiger partial charge in [0.15, 0.2) is 11.6 Å². The molecule has 1 aromatic carbocycles. The third-order valence-electron chi connectivity index (χ3n) is 5.88. The van der Waals surface area contributed by atoms with E-state index in [1.54, 1.807) is 14.0 Å². The van der Waals surface area contributed by atoms with Gasteiger partial charge in [0.1, 0.15) is 5.54 Å². The molecule has 1 saturated heterocycles. The number of amides is 4. The summed E-state index contributed by atoms with van der Waals surface area (Å²) < 4.78 is 26.5. The lowest BCUT2D eigenvalue weighted by Crippen LogP contribution is -2.44. The molecule has 1 unspecified atom stereocenters. The van der Waals surface area contributed by atoms with Gasteiger partial charge in [-0.1, -0.05) is 18.9 Å². The molecule has 1 N–H and O–H groups in total. The first-order valence-corrected chi connectivity index (χ1v) is 9.60. The molecule has 1 aliphatic carbocycles. The number of hydrogen-bond acceptors (Lipinski definition) is 3. The minimum absolute atomic E-state index is 0.147. The molecule has 1 heterocycles. The van der Waals surface area contributed by atoms with Crippen LogP contribution < -0.4 is 5.32 Å². The fourth-order valence-electron chi connectivity index (χ4n) is 3.97. The summed E-state index contributed by atoms with van der Waals surface area (Å²) in [7, 11) is 1.59. The van der Waals surface area contributed by atoms with E-state index in [1.165, 1.54) is 15.9 Å². The van der Waals surface area contributed by atoms with Crippen molar-refractivity contribution in [3.8, 4) is 0 Å². The second-order valence-electron chi connectivity index (χ2n) is 7.63. The lowest BCUT2D eigenvalue weighted by atomic mass is 9.98. The van der Waals surface area contributed by atoms with Gasteiger partial charge in [0.05, 0.1) is 6.04 Å². The lowest BCUT2D eigenvalue weighted by Gasteiger charge is -2.26. The molecule has 1 aromatic rings. The zero-order chi connectivity index (χ0) is 20.5. The van der Waals surface area contributed by atoms with Crippen molar-refractivity contribution in [2.75, 3.05) is 13.6 Å². The van der Waals surface area contributed by atoms with E-state index in [1.807, 2.05) is 0 Å². The van der Waals surface area contributed by atoms with E-state index in [-0.39, 0.29) is 30.8 Å². The van der Waals surface area contributed by atoms with E-state index < -0.39 is 23.2 Å². The maximum Gasteiger partial charge on any atom is 0.325 e. The Kier molecular flexibility index (Phi) is 5.67. The van der Waals surface area contributed by atoms with Crippen LogP contribution in [0.3, 0.4) is 0 Å². The molecular weight excluding hydrogens is 368 g/mol. The quantitative estimate of drug-likeness (QED) is 0.755. The molecule has 2 aliphatic rings. The van der Waals surface area contributed by atoms with Crippen LogP contribution in [-0.2, 0) is 9.59 Å². The molecule has 6 nitrogen and oxygen atoms in total. The Hall–Kier alpha value is -2.51. The van der Waals surface area contributed by atoms with Crippen LogP contribution in [-0.4, -0.2) is 46.8 Å². The van der Waals surface area contributed by atoms with Gasteiger partial charge in [-0.25, -0.2) is 13.6 Å². The summed E-state index contributed by atoms with van der Waals surface area (Å²) in [6.45, 7) is 1.91. The normalized spacial score (nSPS) is 19.2. The fraction of sp³-hybridized carbons (Fsp3) is 0.550. The van der Waals surface area contributed by atoms with Crippen molar-refractivity contribution < 1.29 is 23.2 Å². The van der Waals surface area contributed by atoms with Crippen LogP contribution in [0.5, 0.6) is 0 Å². The maximum atomic E-state index is 13.4. The van der Waals surface area contributed by atoms with Crippen LogP contribution in [0, 0.1) is 11.6 Å². The second kappa shape index (κ2) is 7.85. The Morgan fingerprint density at radius 1 is 1.25 bits per heavy atom. The highest BCUT2D eigenvalue weighted by molar-refractivity contribution is 6.07. The highest BCUT2D eigenvalue weighted by Gasteiger charge is 2.52. The van der Waals surface area contributed by atoms with Gasteiger partial charge < -0.3 is 10.2 Å². The maximum absolute atomic E-state index is 13.4. The average Bonchev–Trinajstić information content (AvgIpc) is 3.23. The molecule has 1 saturated carbocycles. The number of imide groups is 1. The first kappa shape index (κ1) is 20.2. The average molecular weight is 393 g/mol. The zero-order valence-electron chi connectivity index (χ0n) is 16.1. The second-order valence-corrected chi connectivity index (χ2v) is 7.63. The topological polar surface area (TPSA) is 69.7 Å². The summed E-state index contributed by atoms with van der Waals surface area (Å²) in [5.41, 5.74) is -0.244. The van der Waals surface area contributed by atoms with Crippen LogP contribution in [0.1, 0.15) is 57.1 Å². The Bertz CT molecular complexity index is 793. The molecule has 1 aliphatic heterocycles. The minimum atomic E-state index is -0.954. The van der Waals surface area contributed by atoms with Gasteiger partial charge in [-0.2, -0.15) is 0 Å². The number of carbonyl (C=O) groups is 3. The SMILES string of the molecule is CC(c1ccc(F)c(F)c1)N(C)C(=O)CCCN1C(=O)NC2(CCCC2)C1=O. The van der Waals surface area contributed by atoms with E-state index in [4.69, 9.17) is 0 Å². The van der Waals surface area contributed by atoms with E-state index in [9.17, 15) is 23.2 Å². The monoisotopic (exact) mass is 393 g/mol. The number of nitrogens with zero attached hydrogens (tertiary/aromatic N) is 2. The molecule has 8 heteroatoms. The number of carbonyl (C=O) groups excluding carboxylic acids is 3. The summed E-state index contributed by atoms with van der Waals surface area (Å²) in [5, 5.41) is 2.82. The van der Waals surface area contributed by atoms with Crippen LogP contribution in [0.15, 0.2) is 18.2 Å². The van der Waals surface area contributed by atoms with Crippen molar-refractivity contribution in [2.45, 2.75) is 57.0 Å². The Morgan fingerprint density at radius 3 is 2.57 bits per heavy atom. The third-order valence-corrected chi connectivity index (χ3v) is 5.88. The number of halogens is 2. The Labute approximate surface area is 162 Å². The van der Waals surface area contributed by atoms with Crippen molar-refractivity contribution in [2.24, 2.45) is 0 Å². The summed E-state index contributed by atoms with van der Waals surface area (Å²) in [5.74, 6) is -2.27. The summed E-state index contributed by atoms with van der Waals surface area (Å²) in [6.07, 6.45) is 3.68. The molecule has 1 atom stereocenters. The molecular formula is C20H25F2N3O3. The van der Waals surface area contributed by atoms with Gasteiger partial charge in [-0.05, 0) is 43.9 Å². The predicted octanol–water partition coefficient (Wildman–Crippen LogP) is 3.13. The molecule has 3 rings (SSSR count). The van der Waals surface area contributed by atoms with Gasteiger partial charge in [-0.15, -0.1) is 0 Å². The number of urea groups is 1. The predicted molar refractivity (Wildman–Crippen MR) is 98.2 cm³/mol. The van der Waals surface area contributed by atoms with Crippen LogP contribution in [0.2, 0.25) is 0 Å². The van der Waals surface area contributed by atoms with Crippen LogP contribution in [0.4, 0.5) is 13.6 Å². The van der Waals surface area contributed by atoms with Gasteiger partial charge in [-0.3, -0.25) is 14.5 Å². The molecule has 152 valence electrons. The van der Waals surface area contributed by atoms with E-state index in [0.29, 0.717) is 24.8 Å². The number of hydrogen-bond donors (Lipinski definition) is 1. The molecule has 1 spiro atoms. The van der Waals surface area contributed by atoms with Gasteiger partial charge >= 0.3 is 6.03 Å². The van der Waals surface area contributed by atoms with E-state index >= 15 is 0 Å². The van der Waals surface area contributed by atoms with Crippen molar-refractivity contribution in [3.63, 3.8) is 0 Å². The summed E-state index contributed by atoms with van der Waals surface area (Å²) in [6, 6.07) is 2.75. The zero-order valence-corrected chi connectivity index (χ0v) is 16.1. The van der Waals surface area contributed by atoms with E-state index in [0.717, 1.165) is 25.0 Å². The van der Waals surface area contributed by atoms with Crippen LogP contribution >= 0.6 is 0 Å². The number of benzene rings is 1. The van der Waals surface area contributed by atoms with Crippen LogP contribution in [0.25, 0.3) is 0 Å². The van der Waals surface area contributed by atoms with Crippen molar-refractivity contribution in [1.82, 2.24) is 15.1 Å².